The molecule has 0 unspecified atom stereocenters. The van der Waals surface area contributed by atoms with Crippen molar-refractivity contribution in [2.24, 2.45) is 0 Å². The van der Waals surface area contributed by atoms with E-state index in [1.54, 1.807) is 30.3 Å². The molecule has 7 nitrogen and oxygen atoms in total. The summed E-state index contributed by atoms with van der Waals surface area (Å²) >= 11 is 5.96. The number of aromatic nitrogens is 2. The van der Waals surface area contributed by atoms with Crippen molar-refractivity contribution in [3.63, 3.8) is 0 Å². The molecule has 1 atom stereocenters. The SMILES string of the molecule is C[C@H]1CCCCN1CCCNC(=O)Cn1c(=O)c(=O)n(Cc2ccc(Cl)cc2)c2ccccc21. The molecule has 1 saturated heterocycles. The van der Waals surface area contributed by atoms with E-state index in [-0.39, 0.29) is 19.0 Å². The molecule has 3 aromatic rings. The fourth-order valence-corrected chi connectivity index (χ4v) is 4.78. The van der Waals surface area contributed by atoms with Crippen LogP contribution in [0.3, 0.4) is 0 Å². The molecule has 2 aromatic carbocycles. The smallest absolute Gasteiger partial charge is 0.317 e. The third-order valence-electron chi connectivity index (χ3n) is 6.58. The van der Waals surface area contributed by atoms with E-state index in [1.165, 1.54) is 28.4 Å². The van der Waals surface area contributed by atoms with Gasteiger partial charge < -0.3 is 10.2 Å². The zero-order valence-electron chi connectivity index (χ0n) is 19.5. The monoisotopic (exact) mass is 482 g/mol. The second-order valence-corrected chi connectivity index (χ2v) is 9.42. The average Bonchev–Trinajstić information content (AvgIpc) is 2.84. The molecule has 1 N–H and O–H groups in total. The summed E-state index contributed by atoms with van der Waals surface area (Å²) in [5.41, 5.74) is 0.660. The molecule has 0 saturated carbocycles. The average molecular weight is 483 g/mol. The lowest BCUT2D eigenvalue weighted by Gasteiger charge is -2.33. The van der Waals surface area contributed by atoms with Gasteiger partial charge in [-0.05, 0) is 62.6 Å². The van der Waals surface area contributed by atoms with Crippen molar-refractivity contribution in [2.75, 3.05) is 19.6 Å². The maximum absolute atomic E-state index is 13.0. The first-order valence-electron chi connectivity index (χ1n) is 11.9. The molecule has 8 heteroatoms. The number of para-hydroxylation sites is 2. The van der Waals surface area contributed by atoms with E-state index >= 15 is 0 Å². The molecule has 0 spiro atoms. The first-order chi connectivity index (χ1) is 16.4. The number of carbonyl (C=O) groups is 1. The number of halogens is 1. The first-order valence-corrected chi connectivity index (χ1v) is 12.3. The van der Waals surface area contributed by atoms with Crippen molar-refractivity contribution in [1.29, 1.82) is 0 Å². The number of nitrogens with one attached hydrogen (secondary N) is 1. The van der Waals surface area contributed by atoms with Crippen LogP contribution in [0.2, 0.25) is 5.02 Å². The standard InChI is InChI=1S/C26H31ClN4O3/c1-19-7-4-5-15-29(19)16-6-14-28-24(32)18-31-23-9-3-2-8-22(23)30(25(33)26(31)34)17-20-10-12-21(27)13-11-20/h2-3,8-13,19H,4-7,14-18H2,1H3,(H,28,32)/t19-/m0/s1. The van der Waals surface area contributed by atoms with E-state index in [2.05, 4.69) is 17.1 Å². The Kier molecular flexibility index (Phi) is 7.85. The van der Waals surface area contributed by atoms with Crippen LogP contribution in [0.15, 0.2) is 58.1 Å². The van der Waals surface area contributed by atoms with Crippen LogP contribution >= 0.6 is 11.6 Å². The van der Waals surface area contributed by atoms with Gasteiger partial charge >= 0.3 is 11.1 Å². The Morgan fingerprint density at radius 3 is 2.38 bits per heavy atom. The number of hydrogen-bond donors (Lipinski definition) is 1. The van der Waals surface area contributed by atoms with Gasteiger partial charge in [0.05, 0.1) is 17.6 Å². The van der Waals surface area contributed by atoms with Crippen LogP contribution in [0, 0.1) is 0 Å². The zero-order valence-corrected chi connectivity index (χ0v) is 20.3. The van der Waals surface area contributed by atoms with Crippen molar-refractivity contribution in [3.05, 3.63) is 79.8 Å². The summed E-state index contributed by atoms with van der Waals surface area (Å²) in [7, 11) is 0. The molecule has 1 aliphatic rings. The molecule has 34 heavy (non-hydrogen) atoms. The molecule has 0 aliphatic carbocycles. The molecule has 180 valence electrons. The van der Waals surface area contributed by atoms with Crippen LogP contribution in [0.4, 0.5) is 0 Å². The van der Waals surface area contributed by atoms with E-state index in [9.17, 15) is 14.4 Å². The van der Waals surface area contributed by atoms with Gasteiger partial charge in [-0.3, -0.25) is 23.5 Å². The molecule has 2 heterocycles. The highest BCUT2D eigenvalue weighted by atomic mass is 35.5. The first kappa shape index (κ1) is 24.2. The number of fused-ring (bicyclic) bond motifs is 1. The fourth-order valence-electron chi connectivity index (χ4n) is 4.66. The van der Waals surface area contributed by atoms with Gasteiger partial charge in [0.25, 0.3) is 0 Å². The van der Waals surface area contributed by atoms with E-state index < -0.39 is 11.1 Å². The minimum atomic E-state index is -0.704. The topological polar surface area (TPSA) is 76.3 Å². The van der Waals surface area contributed by atoms with Gasteiger partial charge in [0.15, 0.2) is 0 Å². The maximum atomic E-state index is 13.0. The third kappa shape index (κ3) is 5.59. The zero-order chi connectivity index (χ0) is 24.1. The Hall–Kier alpha value is -2.90. The molecule has 0 bridgehead atoms. The van der Waals surface area contributed by atoms with E-state index in [0.29, 0.717) is 28.6 Å². The number of nitrogens with zero attached hydrogens (tertiary/aromatic N) is 3. The number of piperidine rings is 1. The Morgan fingerprint density at radius 2 is 1.68 bits per heavy atom. The maximum Gasteiger partial charge on any atom is 0.317 e. The van der Waals surface area contributed by atoms with E-state index in [4.69, 9.17) is 11.6 Å². The Labute approximate surface area is 204 Å². The molecular weight excluding hydrogens is 452 g/mol. The summed E-state index contributed by atoms with van der Waals surface area (Å²) in [4.78, 5) is 41.1. The number of hydrogen-bond acceptors (Lipinski definition) is 4. The summed E-state index contributed by atoms with van der Waals surface area (Å²) in [6.07, 6.45) is 4.60. The van der Waals surface area contributed by atoms with Crippen molar-refractivity contribution in [2.45, 2.75) is 51.7 Å². The van der Waals surface area contributed by atoms with Gasteiger partial charge in [-0.25, -0.2) is 0 Å². The van der Waals surface area contributed by atoms with Crippen molar-refractivity contribution >= 4 is 28.5 Å². The molecule has 1 fully saturated rings. The summed E-state index contributed by atoms with van der Waals surface area (Å²) in [6.45, 7) is 4.92. The summed E-state index contributed by atoms with van der Waals surface area (Å²) in [6, 6.07) is 14.9. The highest BCUT2D eigenvalue weighted by Gasteiger charge is 2.18. The second kappa shape index (κ2) is 11.0. The predicted molar refractivity (Wildman–Crippen MR) is 136 cm³/mol. The molecule has 0 radical (unpaired) electrons. The van der Waals surface area contributed by atoms with Gasteiger partial charge in [0, 0.05) is 24.2 Å². The van der Waals surface area contributed by atoms with E-state index in [0.717, 1.165) is 25.1 Å². The molecule has 1 amide bonds. The quantitative estimate of drug-likeness (QED) is 0.395. The highest BCUT2D eigenvalue weighted by molar-refractivity contribution is 6.30. The van der Waals surface area contributed by atoms with Gasteiger partial charge in [-0.2, -0.15) is 0 Å². The van der Waals surface area contributed by atoms with Gasteiger partial charge in [0.1, 0.15) is 6.54 Å². The van der Waals surface area contributed by atoms with Crippen molar-refractivity contribution in [1.82, 2.24) is 19.4 Å². The number of rotatable bonds is 8. The summed E-state index contributed by atoms with van der Waals surface area (Å²) in [5, 5.41) is 3.51. The lowest BCUT2D eigenvalue weighted by molar-refractivity contribution is -0.121. The van der Waals surface area contributed by atoms with Crippen LogP contribution in [0.25, 0.3) is 11.0 Å². The van der Waals surface area contributed by atoms with Crippen LogP contribution in [-0.2, 0) is 17.9 Å². The van der Waals surface area contributed by atoms with Crippen LogP contribution < -0.4 is 16.4 Å². The second-order valence-electron chi connectivity index (χ2n) is 8.98. The Morgan fingerprint density at radius 1 is 1.00 bits per heavy atom. The highest BCUT2D eigenvalue weighted by Crippen LogP contribution is 2.16. The molecule has 4 rings (SSSR count). The number of carbonyl (C=O) groups excluding carboxylic acids is 1. The lowest BCUT2D eigenvalue weighted by Crippen LogP contribution is -2.44. The summed E-state index contributed by atoms with van der Waals surface area (Å²) in [5.74, 6) is -0.270. The number of likely N-dealkylation sites (tertiary alicyclic amines) is 1. The molecule has 1 aliphatic heterocycles. The number of benzene rings is 2. The van der Waals surface area contributed by atoms with Crippen LogP contribution in [-0.4, -0.2) is 45.6 Å². The third-order valence-corrected chi connectivity index (χ3v) is 6.83. The lowest BCUT2D eigenvalue weighted by atomic mass is 10.0. The van der Waals surface area contributed by atoms with Crippen molar-refractivity contribution in [3.8, 4) is 0 Å². The predicted octanol–water partition coefficient (Wildman–Crippen LogP) is 3.25. The van der Waals surface area contributed by atoms with Crippen LogP contribution in [0.5, 0.6) is 0 Å². The van der Waals surface area contributed by atoms with E-state index in [1.807, 2.05) is 18.2 Å². The fraction of sp³-hybridized carbons (Fsp3) is 0.423. The molecule has 1 aromatic heterocycles. The molecular formula is C26H31ClN4O3. The van der Waals surface area contributed by atoms with Gasteiger partial charge in [-0.1, -0.05) is 42.3 Å². The van der Waals surface area contributed by atoms with Gasteiger partial charge in [-0.15, -0.1) is 0 Å². The summed E-state index contributed by atoms with van der Waals surface area (Å²) < 4.78 is 2.73. The van der Waals surface area contributed by atoms with Crippen LogP contribution in [0.1, 0.15) is 38.2 Å². The number of amides is 1. The minimum absolute atomic E-state index is 0.184. The largest absolute Gasteiger partial charge is 0.355 e. The van der Waals surface area contributed by atoms with Crippen molar-refractivity contribution < 1.29 is 4.79 Å². The Bertz CT molecular complexity index is 1270. The van der Waals surface area contributed by atoms with Gasteiger partial charge in [0.2, 0.25) is 5.91 Å². The minimum Gasteiger partial charge on any atom is -0.355 e. The normalized spacial score (nSPS) is 16.6. The Balaban J connectivity index is 1.48.